The van der Waals surface area contributed by atoms with Gasteiger partial charge in [-0.05, 0) is 31.9 Å². The number of imidazole rings is 1. The molecule has 0 aliphatic carbocycles. The molecule has 0 spiro atoms. The molecule has 0 saturated heterocycles. The van der Waals surface area contributed by atoms with Crippen LogP contribution in [0.4, 0.5) is 0 Å². The Kier molecular flexibility index (Phi) is 5.16. The molecule has 0 amide bonds. The number of aromatic nitrogens is 5. The Bertz CT molecular complexity index is 997. The van der Waals surface area contributed by atoms with Gasteiger partial charge in [0.25, 0.3) is 0 Å². The number of nitrogens with zero attached hydrogens (tertiary/aromatic N) is 5. The maximum Gasteiger partial charge on any atom is 0.163 e. The topological polar surface area (TPSA) is 48.5 Å². The average Bonchev–Trinajstić information content (AvgIpc) is 3.24. The van der Waals surface area contributed by atoms with E-state index < -0.39 is 0 Å². The van der Waals surface area contributed by atoms with Gasteiger partial charge in [-0.1, -0.05) is 17.7 Å². The van der Waals surface area contributed by atoms with Gasteiger partial charge in [0, 0.05) is 32.0 Å². The summed E-state index contributed by atoms with van der Waals surface area (Å²) in [6, 6.07) is 15.5. The minimum Gasteiger partial charge on any atom is -0.337 e. The third-order valence-corrected chi connectivity index (χ3v) is 4.17. The first kappa shape index (κ1) is 18.2. The fourth-order valence-corrected chi connectivity index (χ4v) is 3.25. The van der Waals surface area contributed by atoms with E-state index in [1.54, 1.807) is 11.0 Å². The predicted octanol–water partition coefficient (Wildman–Crippen LogP) is 3.84. The van der Waals surface area contributed by atoms with Gasteiger partial charge in [0.05, 0.1) is 5.82 Å². The summed E-state index contributed by atoms with van der Waals surface area (Å²) in [6.45, 7) is 6.37. The summed E-state index contributed by atoms with van der Waals surface area (Å²) >= 11 is 0. The van der Waals surface area contributed by atoms with Gasteiger partial charge < -0.3 is 4.57 Å². The fourth-order valence-electron chi connectivity index (χ4n) is 3.25. The number of benzene rings is 2. The van der Waals surface area contributed by atoms with E-state index in [-0.39, 0.29) is 20.1 Å². The van der Waals surface area contributed by atoms with Crippen molar-refractivity contribution in [2.45, 2.75) is 20.8 Å². The molecule has 26 heavy (non-hydrogen) atoms. The first-order valence-corrected chi connectivity index (χ1v) is 8.13. The van der Waals surface area contributed by atoms with E-state index in [9.17, 15) is 0 Å². The third-order valence-electron chi connectivity index (χ3n) is 4.17. The van der Waals surface area contributed by atoms with Crippen LogP contribution in [0, 0.1) is 26.8 Å². The van der Waals surface area contributed by atoms with Crippen molar-refractivity contribution in [2.24, 2.45) is 0 Å². The zero-order valence-electron chi connectivity index (χ0n) is 14.8. The summed E-state index contributed by atoms with van der Waals surface area (Å²) in [6.07, 6.45) is 5.16. The van der Waals surface area contributed by atoms with Crippen molar-refractivity contribution in [2.75, 3.05) is 0 Å². The van der Waals surface area contributed by atoms with E-state index in [1.165, 1.54) is 23.0 Å². The van der Waals surface area contributed by atoms with Crippen LogP contribution in [0.3, 0.4) is 0 Å². The summed E-state index contributed by atoms with van der Waals surface area (Å²) < 4.78 is 3.79. The zero-order valence-corrected chi connectivity index (χ0v) is 17.2. The fraction of sp³-hybridized carbons (Fsp3) is 0.150. The smallest absolute Gasteiger partial charge is 0.163 e. The average molecular weight is 521 g/mol. The third kappa shape index (κ3) is 3.26. The van der Waals surface area contributed by atoms with E-state index >= 15 is 0 Å². The van der Waals surface area contributed by atoms with Crippen LogP contribution in [-0.2, 0) is 20.1 Å². The number of rotatable bonds is 3. The van der Waals surface area contributed by atoms with Crippen LogP contribution in [0.25, 0.3) is 22.9 Å². The van der Waals surface area contributed by atoms with Gasteiger partial charge in [-0.2, -0.15) is 5.10 Å². The molecular formula is C20H18IrN5-. The minimum absolute atomic E-state index is 0. The van der Waals surface area contributed by atoms with Crippen LogP contribution >= 0.6 is 0 Å². The van der Waals surface area contributed by atoms with E-state index in [0.717, 1.165) is 22.9 Å². The molecule has 4 rings (SSSR count). The van der Waals surface area contributed by atoms with Gasteiger partial charge >= 0.3 is 0 Å². The molecule has 0 fully saturated rings. The molecule has 1 radical (unpaired) electrons. The van der Waals surface area contributed by atoms with Crippen molar-refractivity contribution < 1.29 is 20.1 Å². The summed E-state index contributed by atoms with van der Waals surface area (Å²) in [5, 5.41) is 4.21. The van der Waals surface area contributed by atoms with Crippen molar-refractivity contribution in [3.63, 3.8) is 0 Å². The van der Waals surface area contributed by atoms with E-state index in [4.69, 9.17) is 4.98 Å². The molecule has 133 valence electrons. The maximum atomic E-state index is 4.80. The Hall–Kier alpha value is -2.56. The molecule has 6 heteroatoms. The second-order valence-corrected chi connectivity index (χ2v) is 6.16. The van der Waals surface area contributed by atoms with Crippen LogP contribution in [0.2, 0.25) is 0 Å². The van der Waals surface area contributed by atoms with Gasteiger partial charge in [-0.25, -0.2) is 9.67 Å². The molecule has 0 unspecified atom stereocenters. The molecule has 0 atom stereocenters. The van der Waals surface area contributed by atoms with Crippen LogP contribution in [0.5, 0.6) is 0 Å². The molecule has 2 aromatic carbocycles. The monoisotopic (exact) mass is 521 g/mol. The van der Waals surface area contributed by atoms with Crippen molar-refractivity contribution in [3.8, 4) is 22.9 Å². The standard InChI is InChI=1S/C20H18N5.Ir/c1-14-9-15(2)19(16(3)10-14)24-11-18(25-13-21-12-22-25)23-20(24)17-7-5-4-6-8-17;/h4-7,9-13H,1-3H3;/q-1;. The van der Waals surface area contributed by atoms with Gasteiger partial charge in [-0.3, -0.25) is 4.98 Å². The van der Waals surface area contributed by atoms with Crippen LogP contribution < -0.4 is 0 Å². The van der Waals surface area contributed by atoms with Crippen LogP contribution in [-0.4, -0.2) is 24.3 Å². The van der Waals surface area contributed by atoms with Crippen molar-refractivity contribution in [3.05, 3.63) is 78.0 Å². The quantitative estimate of drug-likeness (QED) is 0.386. The molecule has 0 saturated carbocycles. The summed E-state index contributed by atoms with van der Waals surface area (Å²) in [5.41, 5.74) is 5.74. The van der Waals surface area contributed by atoms with Gasteiger partial charge in [-0.15, -0.1) is 35.9 Å². The predicted molar refractivity (Wildman–Crippen MR) is 97.0 cm³/mol. The van der Waals surface area contributed by atoms with Gasteiger partial charge in [0.15, 0.2) is 5.82 Å². The summed E-state index contributed by atoms with van der Waals surface area (Å²) in [5.74, 6) is 1.56. The summed E-state index contributed by atoms with van der Waals surface area (Å²) in [7, 11) is 0. The first-order valence-electron chi connectivity index (χ1n) is 8.13. The number of hydrogen-bond donors (Lipinski definition) is 0. The Morgan fingerprint density at radius 1 is 1.04 bits per heavy atom. The number of hydrogen-bond acceptors (Lipinski definition) is 3. The SMILES string of the molecule is Cc1cc(C)c(-n2cc(-n3cncn3)nc2-c2[c-]cccc2)c(C)c1.[Ir]. The van der Waals surface area contributed by atoms with Gasteiger partial charge in [0.2, 0.25) is 0 Å². The van der Waals surface area contributed by atoms with Crippen molar-refractivity contribution >= 4 is 0 Å². The summed E-state index contributed by atoms with van der Waals surface area (Å²) in [4.78, 5) is 8.82. The molecule has 0 bridgehead atoms. The Morgan fingerprint density at radius 2 is 1.81 bits per heavy atom. The van der Waals surface area contributed by atoms with Crippen LogP contribution in [0.15, 0.2) is 55.2 Å². The molecule has 2 heterocycles. The van der Waals surface area contributed by atoms with E-state index in [1.807, 2.05) is 30.5 Å². The van der Waals surface area contributed by atoms with Gasteiger partial charge in [0.1, 0.15) is 12.7 Å². The largest absolute Gasteiger partial charge is 0.337 e. The molecule has 5 nitrogen and oxygen atoms in total. The first-order chi connectivity index (χ1) is 12.1. The van der Waals surface area contributed by atoms with Crippen molar-refractivity contribution in [1.82, 2.24) is 24.3 Å². The Labute approximate surface area is 166 Å². The second kappa shape index (κ2) is 7.36. The molecule has 0 aliphatic heterocycles. The molecule has 2 aromatic heterocycles. The molecule has 0 N–H and O–H groups in total. The molecule has 0 aliphatic rings. The minimum atomic E-state index is 0. The normalized spacial score (nSPS) is 10.6. The Balaban J connectivity index is 0.00000196. The molecule has 4 aromatic rings. The maximum absolute atomic E-state index is 4.80. The van der Waals surface area contributed by atoms with Crippen LogP contribution in [0.1, 0.15) is 16.7 Å². The second-order valence-electron chi connectivity index (χ2n) is 6.16. The van der Waals surface area contributed by atoms with E-state index in [2.05, 4.69) is 53.6 Å². The van der Waals surface area contributed by atoms with Crippen molar-refractivity contribution in [1.29, 1.82) is 0 Å². The Morgan fingerprint density at radius 3 is 2.42 bits per heavy atom. The number of aryl methyl sites for hydroxylation is 3. The van der Waals surface area contributed by atoms with E-state index in [0.29, 0.717) is 0 Å². The zero-order chi connectivity index (χ0) is 17.4. The molecular weight excluding hydrogens is 502 g/mol.